The lowest BCUT2D eigenvalue weighted by molar-refractivity contribution is 0.216. The summed E-state index contributed by atoms with van der Waals surface area (Å²) in [4.78, 5) is 0.720. The van der Waals surface area contributed by atoms with Gasteiger partial charge in [0.15, 0.2) is 0 Å². The average Bonchev–Trinajstić information content (AvgIpc) is 1.85. The Hall–Kier alpha value is -0.110. The van der Waals surface area contributed by atoms with E-state index in [0.717, 1.165) is 4.99 Å². The highest BCUT2D eigenvalue weighted by Gasteiger charge is 2.28. The first-order valence-corrected chi connectivity index (χ1v) is 4.71. The highest BCUT2D eigenvalue weighted by Crippen LogP contribution is 2.38. The average molecular weight is 171 g/mol. The van der Waals surface area contributed by atoms with E-state index in [4.69, 9.17) is 18.0 Å². The summed E-state index contributed by atoms with van der Waals surface area (Å²) in [5.74, 6) is 0.508. The molecule has 1 rings (SSSR count). The van der Waals surface area contributed by atoms with Crippen molar-refractivity contribution in [2.45, 2.75) is 39.5 Å². The van der Waals surface area contributed by atoms with Crippen LogP contribution in [0, 0.1) is 11.3 Å². The van der Waals surface area contributed by atoms with Gasteiger partial charge in [-0.25, -0.2) is 0 Å². The molecule has 11 heavy (non-hydrogen) atoms. The van der Waals surface area contributed by atoms with Crippen LogP contribution in [-0.4, -0.2) is 4.99 Å². The van der Waals surface area contributed by atoms with Crippen molar-refractivity contribution in [3.8, 4) is 0 Å². The van der Waals surface area contributed by atoms with E-state index in [-0.39, 0.29) is 0 Å². The van der Waals surface area contributed by atoms with Gasteiger partial charge in [0.25, 0.3) is 0 Å². The minimum atomic E-state index is 0.465. The van der Waals surface area contributed by atoms with Crippen LogP contribution in [0.1, 0.15) is 39.5 Å². The van der Waals surface area contributed by atoms with E-state index >= 15 is 0 Å². The molecule has 0 aromatic heterocycles. The summed E-state index contributed by atoms with van der Waals surface area (Å²) in [7, 11) is 0. The van der Waals surface area contributed by atoms with E-state index in [0.29, 0.717) is 11.3 Å². The van der Waals surface area contributed by atoms with Crippen molar-refractivity contribution in [1.29, 1.82) is 0 Å². The maximum atomic E-state index is 5.62. The van der Waals surface area contributed by atoms with Gasteiger partial charge in [-0.1, -0.05) is 32.5 Å². The Morgan fingerprint density at radius 3 is 2.55 bits per heavy atom. The van der Waals surface area contributed by atoms with Crippen molar-refractivity contribution in [2.75, 3.05) is 0 Å². The van der Waals surface area contributed by atoms with Crippen LogP contribution in [0.15, 0.2) is 0 Å². The molecule has 0 aromatic carbocycles. The van der Waals surface area contributed by atoms with Gasteiger partial charge in [0, 0.05) is 5.92 Å². The van der Waals surface area contributed by atoms with Crippen LogP contribution in [0.2, 0.25) is 0 Å². The fraction of sp³-hybridized carbons (Fsp3) is 0.889. The Labute approximate surface area is 74.4 Å². The monoisotopic (exact) mass is 171 g/mol. The highest BCUT2D eigenvalue weighted by atomic mass is 32.1. The number of nitrogens with two attached hydrogens (primary N) is 1. The molecule has 0 aliphatic heterocycles. The van der Waals surface area contributed by atoms with Gasteiger partial charge >= 0.3 is 0 Å². The smallest absolute Gasteiger partial charge is 0.0758 e. The second-order valence-electron chi connectivity index (χ2n) is 4.36. The lowest BCUT2D eigenvalue weighted by Gasteiger charge is -2.34. The van der Waals surface area contributed by atoms with Crippen LogP contribution in [0.25, 0.3) is 0 Å². The second kappa shape index (κ2) is 3.10. The zero-order chi connectivity index (χ0) is 8.48. The van der Waals surface area contributed by atoms with Crippen LogP contribution in [0.3, 0.4) is 0 Å². The third kappa shape index (κ3) is 2.44. The molecule has 1 aliphatic rings. The summed E-state index contributed by atoms with van der Waals surface area (Å²) in [6.45, 7) is 4.61. The van der Waals surface area contributed by atoms with Crippen molar-refractivity contribution in [2.24, 2.45) is 17.1 Å². The van der Waals surface area contributed by atoms with Crippen molar-refractivity contribution in [3.05, 3.63) is 0 Å². The van der Waals surface area contributed by atoms with Crippen LogP contribution >= 0.6 is 12.2 Å². The van der Waals surface area contributed by atoms with E-state index in [1.807, 2.05) is 0 Å². The molecular formula is C9H17NS. The standard InChI is InChI=1S/C9H17NS/c1-9(2)5-3-4-7(6-9)8(10)11/h7H,3-6H2,1-2H3,(H2,10,11). The molecule has 0 spiro atoms. The molecule has 1 atom stereocenters. The van der Waals surface area contributed by atoms with Gasteiger partial charge in [-0.2, -0.15) is 0 Å². The third-order valence-electron chi connectivity index (χ3n) is 2.61. The molecule has 0 amide bonds. The topological polar surface area (TPSA) is 26.0 Å². The Bertz CT molecular complexity index is 163. The van der Waals surface area contributed by atoms with Gasteiger partial charge in [0.2, 0.25) is 0 Å². The van der Waals surface area contributed by atoms with Crippen molar-refractivity contribution < 1.29 is 0 Å². The van der Waals surface area contributed by atoms with Crippen LogP contribution < -0.4 is 5.73 Å². The van der Waals surface area contributed by atoms with E-state index in [1.54, 1.807) is 0 Å². The highest BCUT2D eigenvalue weighted by molar-refractivity contribution is 7.80. The zero-order valence-electron chi connectivity index (χ0n) is 7.39. The van der Waals surface area contributed by atoms with Crippen LogP contribution in [0.5, 0.6) is 0 Å². The molecule has 2 N–H and O–H groups in total. The Kier molecular flexibility index (Phi) is 2.53. The summed E-state index contributed by atoms with van der Waals surface area (Å²) in [5, 5.41) is 0. The van der Waals surface area contributed by atoms with Gasteiger partial charge in [-0.3, -0.25) is 0 Å². The number of hydrogen-bond acceptors (Lipinski definition) is 1. The van der Waals surface area contributed by atoms with Crippen molar-refractivity contribution >= 4 is 17.2 Å². The van der Waals surface area contributed by atoms with Gasteiger partial charge in [-0.05, 0) is 24.7 Å². The molecule has 2 heteroatoms. The Morgan fingerprint density at radius 1 is 1.55 bits per heavy atom. The molecule has 1 saturated carbocycles. The minimum Gasteiger partial charge on any atom is -0.393 e. The number of hydrogen-bond donors (Lipinski definition) is 1. The molecule has 1 nitrogen and oxygen atoms in total. The zero-order valence-corrected chi connectivity index (χ0v) is 8.21. The maximum Gasteiger partial charge on any atom is 0.0758 e. The molecule has 0 aromatic rings. The minimum absolute atomic E-state index is 0.465. The SMILES string of the molecule is CC1(C)CCCC(C(N)=S)C1. The summed E-state index contributed by atoms with van der Waals surface area (Å²) >= 11 is 5.00. The lowest BCUT2D eigenvalue weighted by atomic mass is 9.72. The maximum absolute atomic E-state index is 5.62. The van der Waals surface area contributed by atoms with Crippen LogP contribution in [0.4, 0.5) is 0 Å². The predicted octanol–water partition coefficient (Wildman–Crippen LogP) is 2.49. The summed E-state index contributed by atoms with van der Waals surface area (Å²) in [6.07, 6.45) is 5.00. The van der Waals surface area contributed by atoms with Gasteiger partial charge in [-0.15, -0.1) is 0 Å². The van der Waals surface area contributed by atoms with E-state index < -0.39 is 0 Å². The summed E-state index contributed by atoms with van der Waals surface area (Å²) in [6, 6.07) is 0. The number of rotatable bonds is 1. The normalized spacial score (nSPS) is 29.8. The third-order valence-corrected chi connectivity index (χ3v) is 2.94. The van der Waals surface area contributed by atoms with Crippen molar-refractivity contribution in [1.82, 2.24) is 0 Å². The molecular weight excluding hydrogens is 154 g/mol. The first kappa shape index (κ1) is 8.98. The molecule has 1 unspecified atom stereocenters. The first-order chi connectivity index (χ1) is 5.01. The van der Waals surface area contributed by atoms with E-state index in [9.17, 15) is 0 Å². The van der Waals surface area contributed by atoms with E-state index in [2.05, 4.69) is 13.8 Å². The van der Waals surface area contributed by atoms with Crippen LogP contribution in [-0.2, 0) is 0 Å². The summed E-state index contributed by atoms with van der Waals surface area (Å²) < 4.78 is 0. The molecule has 1 fully saturated rings. The van der Waals surface area contributed by atoms with Gasteiger partial charge in [0.05, 0.1) is 4.99 Å². The molecule has 64 valence electrons. The lowest BCUT2D eigenvalue weighted by Crippen LogP contribution is -2.30. The second-order valence-corrected chi connectivity index (χ2v) is 4.83. The Balaban J connectivity index is 2.53. The molecule has 0 heterocycles. The first-order valence-electron chi connectivity index (χ1n) is 4.31. The molecule has 0 bridgehead atoms. The fourth-order valence-electron chi connectivity index (χ4n) is 1.94. The van der Waals surface area contributed by atoms with Gasteiger partial charge in [0.1, 0.15) is 0 Å². The Morgan fingerprint density at radius 2 is 2.18 bits per heavy atom. The fourth-order valence-corrected chi connectivity index (χ4v) is 2.14. The summed E-state index contributed by atoms with van der Waals surface area (Å²) in [5.41, 5.74) is 6.08. The molecule has 0 radical (unpaired) electrons. The number of thiocarbonyl (C=S) groups is 1. The molecule has 0 saturated heterocycles. The molecule has 1 aliphatic carbocycles. The van der Waals surface area contributed by atoms with Gasteiger partial charge < -0.3 is 5.73 Å². The van der Waals surface area contributed by atoms with Crippen molar-refractivity contribution in [3.63, 3.8) is 0 Å². The largest absolute Gasteiger partial charge is 0.393 e. The predicted molar refractivity (Wildman–Crippen MR) is 52.5 cm³/mol. The quantitative estimate of drug-likeness (QED) is 0.613. The van der Waals surface area contributed by atoms with E-state index in [1.165, 1.54) is 25.7 Å².